The van der Waals surface area contributed by atoms with Crippen molar-refractivity contribution >= 4 is 27.6 Å². The minimum absolute atomic E-state index is 0.113. The molecule has 0 saturated heterocycles. The number of thiophene rings is 1. The Kier molecular flexibility index (Phi) is 5.89. The number of amides is 1. The fourth-order valence-corrected chi connectivity index (χ4v) is 4.18. The number of rotatable bonds is 4. The van der Waals surface area contributed by atoms with E-state index in [-0.39, 0.29) is 18.2 Å². The second-order valence-electron chi connectivity index (χ2n) is 8.44. The van der Waals surface area contributed by atoms with E-state index >= 15 is 0 Å². The largest absolute Gasteiger partial charge is 0.474 e. The minimum atomic E-state index is -0.474. The van der Waals surface area contributed by atoms with Crippen molar-refractivity contribution in [2.45, 2.75) is 84.0 Å². The first kappa shape index (κ1) is 19.9. The zero-order valence-corrected chi connectivity index (χ0v) is 17.6. The fourth-order valence-electron chi connectivity index (χ4n) is 3.19. The van der Waals surface area contributed by atoms with Gasteiger partial charge in [-0.2, -0.15) is 0 Å². The summed E-state index contributed by atoms with van der Waals surface area (Å²) in [6, 6.07) is 2.29. The summed E-state index contributed by atoms with van der Waals surface area (Å²) < 4.78 is 11.5. The quantitative estimate of drug-likeness (QED) is 0.791. The second kappa shape index (κ2) is 8.00. The normalized spacial score (nSPS) is 20.7. The number of carbonyl (C=O) groups is 1. The summed E-state index contributed by atoms with van der Waals surface area (Å²) in [5.74, 6) is 1.14. The highest BCUT2D eigenvalue weighted by atomic mass is 32.1. The van der Waals surface area contributed by atoms with E-state index in [1.807, 2.05) is 20.8 Å². The molecule has 0 radical (unpaired) electrons. The Balaban J connectivity index is 1.57. The molecule has 0 spiro atoms. The van der Waals surface area contributed by atoms with E-state index in [4.69, 9.17) is 9.47 Å². The number of ether oxygens (including phenoxy) is 2. The third-order valence-electron chi connectivity index (χ3n) is 4.55. The third kappa shape index (κ3) is 5.31. The van der Waals surface area contributed by atoms with E-state index < -0.39 is 5.60 Å². The molecule has 1 amide bonds. The van der Waals surface area contributed by atoms with E-state index in [0.717, 1.165) is 35.9 Å². The molecule has 0 aromatic carbocycles. The molecule has 1 N–H and O–H groups in total. The first-order valence-corrected chi connectivity index (χ1v) is 10.4. The average molecular weight is 392 g/mol. The van der Waals surface area contributed by atoms with Gasteiger partial charge in [-0.15, -0.1) is 11.3 Å². The monoisotopic (exact) mass is 391 g/mol. The zero-order valence-electron chi connectivity index (χ0n) is 16.7. The van der Waals surface area contributed by atoms with Gasteiger partial charge in [0.15, 0.2) is 0 Å². The molecule has 0 atom stereocenters. The van der Waals surface area contributed by atoms with Crippen molar-refractivity contribution in [3.8, 4) is 5.88 Å². The van der Waals surface area contributed by atoms with Crippen LogP contribution >= 0.6 is 11.3 Å². The number of nitrogens with zero attached hydrogens (tertiary/aromatic N) is 2. The molecule has 148 valence electrons. The fraction of sp³-hybridized carbons (Fsp3) is 0.650. The summed E-state index contributed by atoms with van der Waals surface area (Å²) in [5.41, 5.74) is -0.474. The summed E-state index contributed by atoms with van der Waals surface area (Å²) in [5, 5.41) is 3.96. The predicted molar refractivity (Wildman–Crippen MR) is 108 cm³/mol. The van der Waals surface area contributed by atoms with E-state index in [2.05, 4.69) is 35.2 Å². The molecule has 27 heavy (non-hydrogen) atoms. The van der Waals surface area contributed by atoms with Gasteiger partial charge in [-0.1, -0.05) is 13.8 Å². The van der Waals surface area contributed by atoms with Gasteiger partial charge < -0.3 is 14.8 Å². The Bertz CT molecular complexity index is 789. The molecule has 1 saturated carbocycles. The molecule has 1 aliphatic rings. The van der Waals surface area contributed by atoms with Crippen LogP contribution in [0.4, 0.5) is 4.79 Å². The van der Waals surface area contributed by atoms with Crippen molar-refractivity contribution in [1.29, 1.82) is 0 Å². The molecule has 2 aromatic heterocycles. The van der Waals surface area contributed by atoms with Crippen molar-refractivity contribution in [3.05, 3.63) is 17.3 Å². The topological polar surface area (TPSA) is 73.3 Å². The Hall–Kier alpha value is -1.89. The molecule has 1 fully saturated rings. The number of alkyl carbamates (subject to hydrolysis) is 1. The van der Waals surface area contributed by atoms with Crippen LogP contribution in [0.15, 0.2) is 12.4 Å². The van der Waals surface area contributed by atoms with Gasteiger partial charge in [0.25, 0.3) is 0 Å². The molecule has 0 unspecified atom stereocenters. The van der Waals surface area contributed by atoms with Crippen molar-refractivity contribution in [2.75, 3.05) is 0 Å². The molecule has 0 aliphatic heterocycles. The maximum Gasteiger partial charge on any atom is 0.407 e. The van der Waals surface area contributed by atoms with Crippen LogP contribution in [-0.4, -0.2) is 33.8 Å². The highest BCUT2D eigenvalue weighted by Gasteiger charge is 2.26. The van der Waals surface area contributed by atoms with Crippen molar-refractivity contribution in [1.82, 2.24) is 15.3 Å². The van der Waals surface area contributed by atoms with E-state index in [1.54, 1.807) is 17.7 Å². The highest BCUT2D eigenvalue weighted by molar-refractivity contribution is 7.18. The number of hydrogen-bond donors (Lipinski definition) is 1. The van der Waals surface area contributed by atoms with Gasteiger partial charge in [-0.3, -0.25) is 0 Å². The average Bonchev–Trinajstić information content (AvgIpc) is 3.00. The summed E-state index contributed by atoms with van der Waals surface area (Å²) in [4.78, 5) is 22.9. The Morgan fingerprint density at radius 1 is 1.22 bits per heavy atom. The number of aromatic nitrogens is 2. The van der Waals surface area contributed by atoms with Crippen molar-refractivity contribution in [2.24, 2.45) is 0 Å². The zero-order chi connectivity index (χ0) is 19.6. The lowest BCUT2D eigenvalue weighted by atomic mass is 9.93. The van der Waals surface area contributed by atoms with E-state index in [0.29, 0.717) is 11.8 Å². The number of nitrogens with one attached hydrogen (secondary N) is 1. The SMILES string of the molecule is CC(C)c1cc2c(O[C@H]3CC[C@H](NC(=O)OC(C)(C)C)CC3)ncnc2s1. The summed E-state index contributed by atoms with van der Waals surface area (Å²) in [7, 11) is 0. The molecule has 7 heteroatoms. The summed E-state index contributed by atoms with van der Waals surface area (Å²) in [6.07, 6.45) is 4.86. The van der Waals surface area contributed by atoms with Crippen LogP contribution in [0.2, 0.25) is 0 Å². The molecule has 0 bridgehead atoms. The van der Waals surface area contributed by atoms with Gasteiger partial charge >= 0.3 is 6.09 Å². The Labute approximate surface area is 164 Å². The van der Waals surface area contributed by atoms with Crippen LogP contribution in [0.1, 0.15) is 71.1 Å². The van der Waals surface area contributed by atoms with E-state index in [1.165, 1.54) is 4.88 Å². The number of carbonyl (C=O) groups excluding carboxylic acids is 1. The predicted octanol–water partition coefficient (Wildman–Crippen LogP) is 5.03. The van der Waals surface area contributed by atoms with Gasteiger partial charge in [0.2, 0.25) is 5.88 Å². The molecule has 1 aliphatic carbocycles. The Morgan fingerprint density at radius 2 is 1.93 bits per heavy atom. The molecular formula is C20H29N3O3S. The van der Waals surface area contributed by atoms with Crippen LogP contribution in [0, 0.1) is 0 Å². The molecule has 2 heterocycles. The van der Waals surface area contributed by atoms with Gasteiger partial charge in [0, 0.05) is 10.9 Å². The first-order chi connectivity index (χ1) is 12.7. The first-order valence-electron chi connectivity index (χ1n) is 9.62. The number of hydrogen-bond acceptors (Lipinski definition) is 6. The standard InChI is InChI=1S/C20H29N3O3S/c1-12(2)16-10-15-17(21-11-22-18(15)27-16)25-14-8-6-13(7-9-14)23-19(24)26-20(3,4)5/h10-14H,6-9H2,1-5H3,(H,23,24)/t13-,14-. The van der Waals surface area contributed by atoms with Gasteiger partial charge in [0.1, 0.15) is 22.9 Å². The molecule has 6 nitrogen and oxygen atoms in total. The number of fused-ring (bicyclic) bond motifs is 1. The molecular weight excluding hydrogens is 362 g/mol. The minimum Gasteiger partial charge on any atom is -0.474 e. The Morgan fingerprint density at radius 3 is 2.56 bits per heavy atom. The van der Waals surface area contributed by atoms with Gasteiger partial charge in [0.05, 0.1) is 5.39 Å². The lowest BCUT2D eigenvalue weighted by Crippen LogP contribution is -2.42. The maximum atomic E-state index is 11.9. The van der Waals surface area contributed by atoms with Crippen LogP contribution in [0.25, 0.3) is 10.2 Å². The van der Waals surface area contributed by atoms with Crippen LogP contribution < -0.4 is 10.1 Å². The van der Waals surface area contributed by atoms with Crippen molar-refractivity contribution in [3.63, 3.8) is 0 Å². The van der Waals surface area contributed by atoms with Crippen LogP contribution in [0.3, 0.4) is 0 Å². The maximum absolute atomic E-state index is 11.9. The highest BCUT2D eigenvalue weighted by Crippen LogP contribution is 2.34. The van der Waals surface area contributed by atoms with Crippen LogP contribution in [0.5, 0.6) is 5.88 Å². The van der Waals surface area contributed by atoms with Gasteiger partial charge in [-0.25, -0.2) is 14.8 Å². The van der Waals surface area contributed by atoms with Gasteiger partial charge in [-0.05, 0) is 58.4 Å². The lowest BCUT2D eigenvalue weighted by Gasteiger charge is -2.30. The lowest BCUT2D eigenvalue weighted by molar-refractivity contribution is 0.0470. The van der Waals surface area contributed by atoms with Crippen LogP contribution in [-0.2, 0) is 4.74 Å². The van der Waals surface area contributed by atoms with Crippen molar-refractivity contribution < 1.29 is 14.3 Å². The third-order valence-corrected chi connectivity index (χ3v) is 5.90. The second-order valence-corrected chi connectivity index (χ2v) is 9.50. The summed E-state index contributed by atoms with van der Waals surface area (Å²) >= 11 is 1.70. The van der Waals surface area contributed by atoms with E-state index in [9.17, 15) is 4.79 Å². The molecule has 2 aromatic rings. The molecule has 3 rings (SSSR count). The summed E-state index contributed by atoms with van der Waals surface area (Å²) in [6.45, 7) is 9.97. The smallest absolute Gasteiger partial charge is 0.407 e.